The minimum atomic E-state index is -3.82. The van der Waals surface area contributed by atoms with Crippen LogP contribution in [0.1, 0.15) is 11.3 Å². The number of nitrogens with one attached hydrogen (secondary N) is 2. The first kappa shape index (κ1) is 13.7. The molecule has 0 aliphatic carbocycles. The van der Waals surface area contributed by atoms with Gasteiger partial charge in [0.15, 0.2) is 0 Å². The number of anilines is 1. The summed E-state index contributed by atoms with van der Waals surface area (Å²) >= 11 is 5.84. The van der Waals surface area contributed by atoms with E-state index in [1.54, 1.807) is 13.8 Å². The first-order valence-electron chi connectivity index (χ1n) is 5.33. The third kappa shape index (κ3) is 2.66. The third-order valence-corrected chi connectivity index (χ3v) is 4.28. The monoisotopic (exact) mass is 301 g/mol. The summed E-state index contributed by atoms with van der Waals surface area (Å²) in [6.45, 7) is 3.22. The number of phenolic OH excluding ortho intramolecular Hbond substituents is 1. The van der Waals surface area contributed by atoms with E-state index in [0.29, 0.717) is 16.3 Å². The molecule has 1 aromatic carbocycles. The Morgan fingerprint density at radius 1 is 1.37 bits per heavy atom. The lowest BCUT2D eigenvalue weighted by Crippen LogP contribution is -2.13. The van der Waals surface area contributed by atoms with Crippen molar-refractivity contribution >= 4 is 27.3 Å². The highest BCUT2D eigenvalue weighted by Gasteiger charge is 2.20. The Morgan fingerprint density at radius 2 is 2.05 bits per heavy atom. The van der Waals surface area contributed by atoms with Gasteiger partial charge in [-0.25, -0.2) is 8.42 Å². The van der Waals surface area contributed by atoms with Crippen LogP contribution in [-0.4, -0.2) is 23.7 Å². The predicted octanol–water partition coefficient (Wildman–Crippen LogP) is 2.19. The summed E-state index contributed by atoms with van der Waals surface area (Å²) in [5.41, 5.74) is 0.922. The summed E-state index contributed by atoms with van der Waals surface area (Å²) in [7, 11) is -3.82. The Bertz CT molecular complexity index is 725. The van der Waals surface area contributed by atoms with Crippen LogP contribution in [0.25, 0.3) is 0 Å². The number of halogens is 1. The number of aromatic nitrogens is 2. The Morgan fingerprint density at radius 3 is 2.63 bits per heavy atom. The van der Waals surface area contributed by atoms with Crippen molar-refractivity contribution < 1.29 is 13.5 Å². The van der Waals surface area contributed by atoms with Gasteiger partial charge in [0.25, 0.3) is 10.0 Å². The lowest BCUT2D eigenvalue weighted by atomic mass is 10.2. The molecule has 1 aromatic heterocycles. The van der Waals surface area contributed by atoms with Gasteiger partial charge in [-0.2, -0.15) is 5.10 Å². The molecule has 6 nitrogen and oxygen atoms in total. The fraction of sp³-hybridized carbons (Fsp3) is 0.182. The molecule has 0 radical (unpaired) electrons. The van der Waals surface area contributed by atoms with E-state index in [0.717, 1.165) is 0 Å². The largest absolute Gasteiger partial charge is 0.505 e. The zero-order chi connectivity index (χ0) is 14.2. The number of hydrogen-bond donors (Lipinski definition) is 3. The Labute approximate surface area is 115 Å². The van der Waals surface area contributed by atoms with Crippen LogP contribution in [0, 0.1) is 13.8 Å². The van der Waals surface area contributed by atoms with Crippen LogP contribution in [0.4, 0.5) is 5.69 Å². The molecule has 0 spiro atoms. The first-order chi connectivity index (χ1) is 8.81. The van der Waals surface area contributed by atoms with Crippen LogP contribution < -0.4 is 4.72 Å². The number of aromatic amines is 1. The summed E-state index contributed by atoms with van der Waals surface area (Å²) in [5.74, 6) is -0.158. The van der Waals surface area contributed by atoms with Crippen molar-refractivity contribution in [1.29, 1.82) is 0 Å². The number of aryl methyl sites for hydroxylation is 2. The van der Waals surface area contributed by atoms with Gasteiger partial charge < -0.3 is 5.11 Å². The minimum Gasteiger partial charge on any atom is -0.505 e. The second-order valence-electron chi connectivity index (χ2n) is 4.08. The zero-order valence-electron chi connectivity index (χ0n) is 10.2. The number of rotatable bonds is 3. The van der Waals surface area contributed by atoms with Gasteiger partial charge in [-0.1, -0.05) is 11.6 Å². The van der Waals surface area contributed by atoms with Gasteiger partial charge in [-0.3, -0.25) is 9.82 Å². The molecule has 0 fully saturated rings. The maximum atomic E-state index is 12.1. The zero-order valence-corrected chi connectivity index (χ0v) is 11.8. The van der Waals surface area contributed by atoms with Crippen LogP contribution >= 0.6 is 11.6 Å². The molecule has 2 rings (SSSR count). The highest BCUT2D eigenvalue weighted by Crippen LogP contribution is 2.32. The molecule has 0 saturated heterocycles. The van der Waals surface area contributed by atoms with Gasteiger partial charge in [-0.05, 0) is 31.5 Å². The van der Waals surface area contributed by atoms with Crippen molar-refractivity contribution in [2.24, 2.45) is 0 Å². The second-order valence-corrected chi connectivity index (χ2v) is 6.17. The number of hydrogen-bond acceptors (Lipinski definition) is 4. The molecule has 102 valence electrons. The molecular formula is C11H12ClN3O3S. The molecular weight excluding hydrogens is 290 g/mol. The van der Waals surface area contributed by atoms with Gasteiger partial charge in [0.05, 0.1) is 17.6 Å². The van der Waals surface area contributed by atoms with Crippen molar-refractivity contribution in [1.82, 2.24) is 10.2 Å². The van der Waals surface area contributed by atoms with E-state index in [-0.39, 0.29) is 16.3 Å². The van der Waals surface area contributed by atoms with Crippen LogP contribution in [0.5, 0.6) is 5.75 Å². The van der Waals surface area contributed by atoms with Crippen LogP contribution in [-0.2, 0) is 10.0 Å². The fourth-order valence-corrected chi connectivity index (χ4v) is 3.09. The highest BCUT2D eigenvalue weighted by molar-refractivity contribution is 7.92. The molecule has 0 aliphatic rings. The van der Waals surface area contributed by atoms with Crippen LogP contribution in [0.15, 0.2) is 23.2 Å². The quantitative estimate of drug-likeness (QED) is 0.757. The average molecular weight is 302 g/mol. The van der Waals surface area contributed by atoms with E-state index < -0.39 is 10.0 Å². The fourth-order valence-electron chi connectivity index (χ4n) is 1.62. The number of benzene rings is 1. The lowest BCUT2D eigenvalue weighted by molar-refractivity contribution is 0.473. The average Bonchev–Trinajstić information content (AvgIpc) is 2.72. The topological polar surface area (TPSA) is 95.1 Å². The molecule has 0 bridgehead atoms. The molecule has 1 heterocycles. The van der Waals surface area contributed by atoms with Gasteiger partial charge in [0, 0.05) is 5.02 Å². The SMILES string of the molecule is Cc1cc(Cl)cc(NS(=O)(=O)c2cn[nH]c2C)c1O. The van der Waals surface area contributed by atoms with Gasteiger partial charge in [0.1, 0.15) is 10.6 Å². The summed E-state index contributed by atoms with van der Waals surface area (Å²) in [5, 5.41) is 16.4. The lowest BCUT2D eigenvalue weighted by Gasteiger charge is -2.11. The van der Waals surface area contributed by atoms with E-state index in [1.165, 1.54) is 18.3 Å². The Hall–Kier alpha value is -1.73. The summed E-state index contributed by atoms with van der Waals surface area (Å²) in [4.78, 5) is 0.0181. The number of nitrogens with zero attached hydrogens (tertiary/aromatic N) is 1. The maximum absolute atomic E-state index is 12.1. The third-order valence-electron chi connectivity index (χ3n) is 2.58. The van der Waals surface area contributed by atoms with Crippen molar-refractivity contribution in [2.75, 3.05) is 4.72 Å². The second kappa shape index (κ2) is 4.75. The van der Waals surface area contributed by atoms with E-state index in [1.807, 2.05) is 0 Å². The Kier molecular flexibility index (Phi) is 3.42. The van der Waals surface area contributed by atoms with Crippen molar-refractivity contribution in [3.8, 4) is 5.75 Å². The van der Waals surface area contributed by atoms with E-state index in [9.17, 15) is 13.5 Å². The predicted molar refractivity (Wildman–Crippen MR) is 72.0 cm³/mol. The van der Waals surface area contributed by atoms with E-state index >= 15 is 0 Å². The summed E-state index contributed by atoms with van der Waals surface area (Å²) in [6.07, 6.45) is 1.20. The summed E-state index contributed by atoms with van der Waals surface area (Å²) in [6, 6.07) is 2.88. The van der Waals surface area contributed by atoms with Gasteiger partial charge in [0.2, 0.25) is 0 Å². The van der Waals surface area contributed by atoms with E-state index in [2.05, 4.69) is 14.9 Å². The molecule has 0 amide bonds. The Balaban J connectivity index is 2.45. The number of sulfonamides is 1. The van der Waals surface area contributed by atoms with Gasteiger partial charge >= 0.3 is 0 Å². The molecule has 0 aliphatic heterocycles. The molecule has 0 unspecified atom stereocenters. The molecule has 2 aromatic rings. The molecule has 0 saturated carbocycles. The molecule has 19 heavy (non-hydrogen) atoms. The molecule has 0 atom stereocenters. The number of H-pyrrole nitrogens is 1. The highest BCUT2D eigenvalue weighted by atomic mass is 35.5. The van der Waals surface area contributed by atoms with Crippen LogP contribution in [0.3, 0.4) is 0 Å². The van der Waals surface area contributed by atoms with Crippen LogP contribution in [0.2, 0.25) is 5.02 Å². The molecule has 3 N–H and O–H groups in total. The smallest absolute Gasteiger partial charge is 0.265 e. The van der Waals surface area contributed by atoms with Crippen molar-refractivity contribution in [2.45, 2.75) is 18.7 Å². The summed E-state index contributed by atoms with van der Waals surface area (Å²) < 4.78 is 26.6. The first-order valence-corrected chi connectivity index (χ1v) is 7.19. The minimum absolute atomic E-state index is 0.0181. The maximum Gasteiger partial charge on any atom is 0.265 e. The number of phenols is 1. The van der Waals surface area contributed by atoms with Gasteiger partial charge in [-0.15, -0.1) is 0 Å². The standard InChI is InChI=1S/C11H12ClN3O3S/c1-6-3-8(12)4-9(11(6)16)15-19(17,18)10-5-13-14-7(10)2/h3-5,15-16H,1-2H3,(H,13,14). The normalized spacial score (nSPS) is 11.5. The van der Waals surface area contributed by atoms with Crippen molar-refractivity contribution in [3.63, 3.8) is 0 Å². The van der Waals surface area contributed by atoms with E-state index in [4.69, 9.17) is 11.6 Å². The molecule has 8 heteroatoms. The number of aromatic hydroxyl groups is 1. The van der Waals surface area contributed by atoms with Crippen molar-refractivity contribution in [3.05, 3.63) is 34.6 Å².